The number of aromatic nitrogens is 1. The molecule has 0 radical (unpaired) electrons. The maximum Gasteiger partial charge on any atom is 0.261 e. The van der Waals surface area contributed by atoms with Crippen LogP contribution in [0.5, 0.6) is 11.5 Å². The molecule has 0 spiro atoms. The highest BCUT2D eigenvalue weighted by Gasteiger charge is 2.25. The summed E-state index contributed by atoms with van der Waals surface area (Å²) in [5, 5.41) is 10.0. The Balaban J connectivity index is 1.94. The van der Waals surface area contributed by atoms with Crippen molar-refractivity contribution in [2.75, 3.05) is 19.5 Å². The van der Waals surface area contributed by atoms with Crippen molar-refractivity contribution in [1.82, 2.24) is 5.16 Å². The minimum Gasteiger partial charge on any atom is -0.497 e. The van der Waals surface area contributed by atoms with Crippen molar-refractivity contribution in [3.8, 4) is 22.8 Å². The quantitative estimate of drug-likeness (QED) is 0.686. The minimum atomic E-state index is -0.760. The zero-order valence-electron chi connectivity index (χ0n) is 13.9. The topological polar surface area (TPSA) is 117 Å². The maximum absolute atomic E-state index is 12.6. The smallest absolute Gasteiger partial charge is 0.261 e. The number of hydrogen-bond acceptors (Lipinski definition) is 7. The molecule has 0 saturated carbocycles. The van der Waals surface area contributed by atoms with Crippen LogP contribution in [0.2, 0.25) is 0 Å². The van der Waals surface area contributed by atoms with Gasteiger partial charge >= 0.3 is 0 Å². The molecule has 0 atom stereocenters. The molecule has 0 bridgehead atoms. The van der Waals surface area contributed by atoms with E-state index in [1.807, 2.05) is 5.38 Å². The van der Waals surface area contributed by atoms with Gasteiger partial charge < -0.3 is 19.7 Å². The number of amides is 2. The molecular weight excluding hydrogens is 358 g/mol. The van der Waals surface area contributed by atoms with Crippen LogP contribution >= 0.6 is 11.3 Å². The number of nitrogens with one attached hydrogen (secondary N) is 1. The monoisotopic (exact) mass is 373 g/mol. The lowest BCUT2D eigenvalue weighted by molar-refractivity contribution is 0.100. The van der Waals surface area contributed by atoms with E-state index in [0.717, 1.165) is 0 Å². The molecule has 3 N–H and O–H groups in total. The van der Waals surface area contributed by atoms with Crippen LogP contribution in [-0.2, 0) is 0 Å². The number of primary amides is 1. The summed E-state index contributed by atoms with van der Waals surface area (Å²) in [6.07, 6.45) is 0. The molecule has 26 heavy (non-hydrogen) atoms. The molecule has 0 unspecified atom stereocenters. The maximum atomic E-state index is 12.6. The molecule has 134 valence electrons. The third-order valence-electron chi connectivity index (χ3n) is 3.61. The zero-order valence-corrected chi connectivity index (χ0v) is 14.8. The van der Waals surface area contributed by atoms with Crippen LogP contribution in [0.4, 0.5) is 5.88 Å². The van der Waals surface area contributed by atoms with Gasteiger partial charge in [-0.25, -0.2) is 0 Å². The van der Waals surface area contributed by atoms with Crippen molar-refractivity contribution in [1.29, 1.82) is 0 Å². The van der Waals surface area contributed by atoms with E-state index in [4.69, 9.17) is 19.7 Å². The van der Waals surface area contributed by atoms with Crippen LogP contribution < -0.4 is 20.5 Å². The first-order valence-electron chi connectivity index (χ1n) is 7.40. The molecule has 3 aromatic rings. The number of ether oxygens (including phenoxy) is 2. The van der Waals surface area contributed by atoms with Crippen molar-refractivity contribution in [3.05, 3.63) is 46.2 Å². The Kier molecular flexibility index (Phi) is 4.90. The lowest BCUT2D eigenvalue weighted by Gasteiger charge is -2.10. The molecule has 3 rings (SSSR count). The van der Waals surface area contributed by atoms with Crippen molar-refractivity contribution in [2.45, 2.75) is 0 Å². The first-order chi connectivity index (χ1) is 12.5. The van der Waals surface area contributed by atoms with Crippen molar-refractivity contribution >= 4 is 29.0 Å². The molecule has 2 heterocycles. The number of carbonyl (C=O) groups is 2. The molecule has 0 aliphatic rings. The molecule has 2 aromatic heterocycles. The minimum absolute atomic E-state index is 0.00392. The first-order valence-corrected chi connectivity index (χ1v) is 8.34. The number of nitrogens with two attached hydrogens (primary N) is 1. The number of methoxy groups -OCH3 is 2. The van der Waals surface area contributed by atoms with Crippen molar-refractivity contribution < 1.29 is 23.6 Å². The number of thiophene rings is 1. The van der Waals surface area contributed by atoms with Crippen LogP contribution in [0.1, 0.15) is 20.7 Å². The summed E-state index contributed by atoms with van der Waals surface area (Å²) in [5.41, 5.74) is 6.63. The fraction of sp³-hybridized carbons (Fsp3) is 0.118. The second-order valence-electron chi connectivity index (χ2n) is 5.13. The Hall–Kier alpha value is -3.33. The largest absolute Gasteiger partial charge is 0.497 e. The predicted octanol–water partition coefficient (Wildman–Crippen LogP) is 2.77. The summed E-state index contributed by atoms with van der Waals surface area (Å²) < 4.78 is 15.5. The second-order valence-corrected chi connectivity index (χ2v) is 5.91. The normalized spacial score (nSPS) is 10.4. The van der Waals surface area contributed by atoms with Gasteiger partial charge in [-0.2, -0.15) is 11.3 Å². The van der Waals surface area contributed by atoms with Crippen LogP contribution in [-0.4, -0.2) is 31.2 Å². The molecule has 1 aromatic carbocycles. The number of anilines is 1. The van der Waals surface area contributed by atoms with E-state index in [9.17, 15) is 9.59 Å². The highest BCUT2D eigenvalue weighted by atomic mass is 32.1. The number of rotatable bonds is 6. The SMILES string of the molecule is COc1ccc(C(=O)Nc2onc(-c3ccsc3)c2C(N)=O)c(OC)c1. The number of hydrogen-bond donors (Lipinski definition) is 2. The standard InChI is InChI=1S/C17H15N3O5S/c1-23-10-3-4-11(12(7-10)24-2)16(22)19-17-13(15(18)21)14(20-25-17)9-5-6-26-8-9/h3-8H,1-2H3,(H2,18,21)(H,19,22). The highest BCUT2D eigenvalue weighted by Crippen LogP contribution is 2.31. The van der Waals surface area contributed by atoms with Crippen molar-refractivity contribution in [2.24, 2.45) is 5.73 Å². The Labute approximate surface area is 152 Å². The van der Waals surface area contributed by atoms with Gasteiger partial charge in [-0.1, -0.05) is 5.16 Å². The molecule has 8 nitrogen and oxygen atoms in total. The second kappa shape index (κ2) is 7.28. The van der Waals surface area contributed by atoms with Gasteiger partial charge in [0.05, 0.1) is 19.8 Å². The molecule has 0 aliphatic carbocycles. The van der Waals surface area contributed by atoms with Gasteiger partial charge in [-0.3, -0.25) is 14.9 Å². The summed E-state index contributed by atoms with van der Waals surface area (Å²) in [6, 6.07) is 6.49. The summed E-state index contributed by atoms with van der Waals surface area (Å²) in [5.74, 6) is -0.582. The summed E-state index contributed by atoms with van der Waals surface area (Å²) in [4.78, 5) is 24.5. The highest BCUT2D eigenvalue weighted by molar-refractivity contribution is 7.08. The Morgan fingerprint density at radius 3 is 2.65 bits per heavy atom. The van der Waals surface area contributed by atoms with Crippen LogP contribution in [0.15, 0.2) is 39.5 Å². The van der Waals surface area contributed by atoms with E-state index in [-0.39, 0.29) is 22.7 Å². The molecule has 0 fully saturated rings. The van der Waals surface area contributed by atoms with E-state index in [2.05, 4.69) is 10.5 Å². The van der Waals surface area contributed by atoms with Crippen LogP contribution in [0, 0.1) is 0 Å². The lowest BCUT2D eigenvalue weighted by atomic mass is 10.1. The Morgan fingerprint density at radius 2 is 2.04 bits per heavy atom. The average Bonchev–Trinajstić information content (AvgIpc) is 3.30. The van der Waals surface area contributed by atoms with Gasteiger partial charge in [0, 0.05) is 17.0 Å². The lowest BCUT2D eigenvalue weighted by Crippen LogP contribution is -2.18. The third-order valence-corrected chi connectivity index (χ3v) is 4.30. The molecule has 2 amide bonds. The van der Waals surface area contributed by atoms with E-state index in [1.54, 1.807) is 23.6 Å². The van der Waals surface area contributed by atoms with Gasteiger partial charge in [0.15, 0.2) is 0 Å². The van der Waals surface area contributed by atoms with Crippen LogP contribution in [0.3, 0.4) is 0 Å². The van der Waals surface area contributed by atoms with E-state index in [1.165, 1.54) is 31.6 Å². The van der Waals surface area contributed by atoms with Gasteiger partial charge in [0.2, 0.25) is 5.88 Å². The van der Waals surface area contributed by atoms with E-state index < -0.39 is 11.8 Å². The average molecular weight is 373 g/mol. The third kappa shape index (κ3) is 3.24. The molecular formula is C17H15N3O5S. The van der Waals surface area contributed by atoms with Gasteiger partial charge in [0.25, 0.3) is 11.8 Å². The fourth-order valence-corrected chi connectivity index (χ4v) is 3.00. The Morgan fingerprint density at radius 1 is 1.23 bits per heavy atom. The molecule has 9 heteroatoms. The molecule has 0 aliphatic heterocycles. The summed E-state index contributed by atoms with van der Waals surface area (Å²) in [6.45, 7) is 0. The molecule has 0 saturated heterocycles. The number of carbonyl (C=O) groups excluding carboxylic acids is 2. The Bertz CT molecular complexity index is 949. The summed E-state index contributed by atoms with van der Waals surface area (Å²) >= 11 is 1.43. The first kappa shape index (κ1) is 17.5. The van der Waals surface area contributed by atoms with E-state index in [0.29, 0.717) is 17.1 Å². The van der Waals surface area contributed by atoms with E-state index >= 15 is 0 Å². The number of nitrogens with zero attached hydrogens (tertiary/aromatic N) is 1. The van der Waals surface area contributed by atoms with Crippen LogP contribution in [0.25, 0.3) is 11.3 Å². The summed E-state index contributed by atoms with van der Waals surface area (Å²) in [7, 11) is 2.94. The van der Waals surface area contributed by atoms with Gasteiger partial charge in [0.1, 0.15) is 22.8 Å². The van der Waals surface area contributed by atoms with Gasteiger partial charge in [-0.15, -0.1) is 0 Å². The fourth-order valence-electron chi connectivity index (χ4n) is 2.36. The number of benzene rings is 1. The van der Waals surface area contributed by atoms with Gasteiger partial charge in [-0.05, 0) is 23.6 Å². The zero-order chi connectivity index (χ0) is 18.7. The predicted molar refractivity (Wildman–Crippen MR) is 95.8 cm³/mol. The van der Waals surface area contributed by atoms with Crippen molar-refractivity contribution in [3.63, 3.8) is 0 Å².